The van der Waals surface area contributed by atoms with Gasteiger partial charge in [0.15, 0.2) is 22.7 Å². The van der Waals surface area contributed by atoms with Crippen LogP contribution in [-0.4, -0.2) is 21.2 Å². The topological polar surface area (TPSA) is 120 Å². The van der Waals surface area contributed by atoms with Gasteiger partial charge in [-0.05, 0) is 24.3 Å². The molecule has 1 heterocycles. The first-order chi connectivity index (χ1) is 11.0. The Morgan fingerprint density at radius 3 is 2.48 bits per heavy atom. The Morgan fingerprint density at radius 1 is 0.957 bits per heavy atom. The van der Waals surface area contributed by atoms with Crippen molar-refractivity contribution in [2.75, 3.05) is 5.32 Å². The quantitative estimate of drug-likeness (QED) is 0.425. The third-order valence-corrected chi connectivity index (χ3v) is 3.19. The molecule has 116 valence electrons. The third-order valence-electron chi connectivity index (χ3n) is 3.19. The van der Waals surface area contributed by atoms with Crippen LogP contribution in [0.4, 0.5) is 5.69 Å². The normalized spacial score (nSPS) is 10.6. The van der Waals surface area contributed by atoms with Crippen LogP contribution in [0.3, 0.4) is 0 Å². The summed E-state index contributed by atoms with van der Waals surface area (Å²) in [5, 5.41) is 30.7. The van der Waals surface area contributed by atoms with Gasteiger partial charge in [0.2, 0.25) is 0 Å². The van der Waals surface area contributed by atoms with Gasteiger partial charge in [0.25, 0.3) is 5.91 Å². The first-order valence-corrected chi connectivity index (χ1v) is 6.55. The SMILES string of the molecule is O=C(Nc1ccc(O)c(O)c1)c1cc(=O)c2c(O)cccc2o1. The molecule has 7 heteroatoms. The molecule has 4 N–H and O–H groups in total. The van der Waals surface area contributed by atoms with Crippen LogP contribution in [-0.2, 0) is 0 Å². The van der Waals surface area contributed by atoms with Crippen LogP contribution in [0.15, 0.2) is 51.7 Å². The maximum Gasteiger partial charge on any atom is 0.291 e. The minimum absolute atomic E-state index is 0.00803. The van der Waals surface area contributed by atoms with E-state index < -0.39 is 17.1 Å². The lowest BCUT2D eigenvalue weighted by Gasteiger charge is -2.07. The summed E-state index contributed by atoms with van der Waals surface area (Å²) in [6.45, 7) is 0. The molecular formula is C16H11NO6. The number of rotatable bonds is 2. The van der Waals surface area contributed by atoms with Crippen LogP contribution in [0.2, 0.25) is 0 Å². The molecule has 0 atom stereocenters. The number of phenolic OH excluding ortho intramolecular Hbond substituents is 3. The van der Waals surface area contributed by atoms with Crippen molar-refractivity contribution < 1.29 is 24.5 Å². The number of nitrogens with one attached hydrogen (secondary N) is 1. The summed E-state index contributed by atoms with van der Waals surface area (Å²) in [6.07, 6.45) is 0. The molecule has 3 aromatic rings. The van der Waals surface area contributed by atoms with Crippen molar-refractivity contribution in [3.63, 3.8) is 0 Å². The van der Waals surface area contributed by atoms with Crippen LogP contribution in [0, 0.1) is 0 Å². The first kappa shape index (κ1) is 14.5. The van der Waals surface area contributed by atoms with Crippen LogP contribution < -0.4 is 10.7 Å². The average molecular weight is 313 g/mol. The summed E-state index contributed by atoms with van der Waals surface area (Å²) in [4.78, 5) is 24.1. The Morgan fingerprint density at radius 2 is 1.74 bits per heavy atom. The summed E-state index contributed by atoms with van der Waals surface area (Å²) < 4.78 is 5.33. The molecule has 0 fully saturated rings. The molecule has 7 nitrogen and oxygen atoms in total. The number of aromatic hydroxyl groups is 3. The van der Waals surface area contributed by atoms with Gasteiger partial charge in [-0.15, -0.1) is 0 Å². The van der Waals surface area contributed by atoms with Gasteiger partial charge in [0.1, 0.15) is 16.7 Å². The Hall–Kier alpha value is -3.48. The molecule has 1 amide bonds. The van der Waals surface area contributed by atoms with Gasteiger partial charge >= 0.3 is 0 Å². The second-order valence-corrected chi connectivity index (χ2v) is 4.78. The fourth-order valence-electron chi connectivity index (χ4n) is 2.10. The summed E-state index contributed by atoms with van der Waals surface area (Å²) in [7, 11) is 0. The molecule has 0 saturated heterocycles. The Labute approximate surface area is 129 Å². The van der Waals surface area contributed by atoms with E-state index in [9.17, 15) is 24.9 Å². The maximum absolute atomic E-state index is 12.1. The number of anilines is 1. The van der Waals surface area contributed by atoms with E-state index >= 15 is 0 Å². The smallest absolute Gasteiger partial charge is 0.291 e. The van der Waals surface area contributed by atoms with Crippen LogP contribution in [0.5, 0.6) is 17.2 Å². The highest BCUT2D eigenvalue weighted by molar-refractivity contribution is 6.03. The van der Waals surface area contributed by atoms with E-state index in [2.05, 4.69) is 5.32 Å². The van der Waals surface area contributed by atoms with Crippen LogP contribution >= 0.6 is 0 Å². The maximum atomic E-state index is 12.1. The third kappa shape index (κ3) is 2.67. The van der Waals surface area contributed by atoms with Crippen molar-refractivity contribution in [1.82, 2.24) is 0 Å². The van der Waals surface area contributed by atoms with Crippen molar-refractivity contribution in [2.45, 2.75) is 0 Å². The van der Waals surface area contributed by atoms with E-state index in [1.807, 2.05) is 0 Å². The zero-order valence-electron chi connectivity index (χ0n) is 11.6. The zero-order chi connectivity index (χ0) is 16.6. The molecule has 0 radical (unpaired) electrons. The predicted molar refractivity (Wildman–Crippen MR) is 81.9 cm³/mol. The molecule has 0 aliphatic rings. The van der Waals surface area contributed by atoms with Crippen molar-refractivity contribution in [1.29, 1.82) is 0 Å². The Bertz CT molecular complexity index is 976. The highest BCUT2D eigenvalue weighted by Crippen LogP contribution is 2.28. The van der Waals surface area contributed by atoms with Crippen molar-refractivity contribution in [3.05, 3.63) is 58.4 Å². The monoisotopic (exact) mass is 313 g/mol. The summed E-state index contributed by atoms with van der Waals surface area (Å²) in [5.41, 5.74) is -0.261. The molecule has 0 saturated carbocycles. The van der Waals surface area contributed by atoms with Gasteiger partial charge in [0.05, 0.1) is 0 Å². The van der Waals surface area contributed by atoms with Crippen molar-refractivity contribution in [2.24, 2.45) is 0 Å². The molecule has 2 aromatic carbocycles. The van der Waals surface area contributed by atoms with Crippen LogP contribution in [0.25, 0.3) is 11.0 Å². The van der Waals surface area contributed by atoms with Gasteiger partial charge < -0.3 is 25.1 Å². The lowest BCUT2D eigenvalue weighted by molar-refractivity contribution is 0.0997. The molecular weight excluding hydrogens is 302 g/mol. The number of amides is 1. The molecule has 1 aromatic heterocycles. The molecule has 0 spiro atoms. The number of fused-ring (bicyclic) bond motifs is 1. The lowest BCUT2D eigenvalue weighted by Crippen LogP contribution is -2.15. The second kappa shape index (κ2) is 5.38. The zero-order valence-corrected chi connectivity index (χ0v) is 11.6. The Kier molecular flexibility index (Phi) is 3.38. The lowest BCUT2D eigenvalue weighted by atomic mass is 10.2. The van der Waals surface area contributed by atoms with E-state index in [-0.39, 0.29) is 33.9 Å². The number of carbonyl (C=O) groups is 1. The number of phenols is 3. The Balaban J connectivity index is 1.98. The van der Waals surface area contributed by atoms with E-state index in [0.717, 1.165) is 12.1 Å². The van der Waals surface area contributed by atoms with Gasteiger partial charge in [0, 0.05) is 17.8 Å². The molecule has 23 heavy (non-hydrogen) atoms. The standard InChI is InChI=1S/C16H11NO6/c18-9-5-4-8(6-11(9)20)17-16(22)14-7-12(21)15-10(19)2-1-3-13(15)23-14/h1-7,18-20H,(H,17,22). The largest absolute Gasteiger partial charge is 0.507 e. The molecule has 0 aliphatic heterocycles. The highest BCUT2D eigenvalue weighted by Gasteiger charge is 2.15. The number of hydrogen-bond acceptors (Lipinski definition) is 6. The van der Waals surface area contributed by atoms with E-state index in [4.69, 9.17) is 4.42 Å². The molecule has 0 bridgehead atoms. The summed E-state index contributed by atoms with van der Waals surface area (Å²) in [6, 6.07) is 8.99. The minimum Gasteiger partial charge on any atom is -0.507 e. The van der Waals surface area contributed by atoms with Gasteiger partial charge in [-0.1, -0.05) is 6.07 Å². The predicted octanol–water partition coefficient (Wildman–Crippen LogP) is 2.16. The van der Waals surface area contributed by atoms with E-state index in [1.165, 1.54) is 30.3 Å². The fraction of sp³-hybridized carbons (Fsp3) is 0. The van der Waals surface area contributed by atoms with Gasteiger partial charge in [-0.25, -0.2) is 0 Å². The van der Waals surface area contributed by atoms with Gasteiger partial charge in [-0.3, -0.25) is 9.59 Å². The number of hydrogen-bond donors (Lipinski definition) is 4. The summed E-state index contributed by atoms with van der Waals surface area (Å²) in [5.74, 6) is -1.91. The molecule has 3 rings (SSSR count). The number of carbonyl (C=O) groups excluding carboxylic acids is 1. The molecule has 0 aliphatic carbocycles. The van der Waals surface area contributed by atoms with E-state index in [1.54, 1.807) is 0 Å². The summed E-state index contributed by atoms with van der Waals surface area (Å²) >= 11 is 0. The van der Waals surface area contributed by atoms with Crippen LogP contribution in [0.1, 0.15) is 10.6 Å². The second-order valence-electron chi connectivity index (χ2n) is 4.78. The molecule has 0 unspecified atom stereocenters. The average Bonchev–Trinajstić information content (AvgIpc) is 2.50. The highest BCUT2D eigenvalue weighted by atomic mass is 16.3. The minimum atomic E-state index is -0.711. The first-order valence-electron chi connectivity index (χ1n) is 6.55. The van der Waals surface area contributed by atoms with Crippen molar-refractivity contribution in [3.8, 4) is 17.2 Å². The van der Waals surface area contributed by atoms with Crippen molar-refractivity contribution >= 4 is 22.6 Å². The van der Waals surface area contributed by atoms with E-state index in [0.29, 0.717) is 0 Å². The van der Waals surface area contributed by atoms with Gasteiger partial charge in [-0.2, -0.15) is 0 Å². The number of benzene rings is 2. The fourth-order valence-corrected chi connectivity index (χ4v) is 2.10.